The van der Waals surface area contributed by atoms with Gasteiger partial charge in [-0.3, -0.25) is 4.79 Å². The lowest BCUT2D eigenvalue weighted by molar-refractivity contribution is -0.180. The zero-order chi connectivity index (χ0) is 10.3. The second-order valence-electron chi connectivity index (χ2n) is 4.05. The molecule has 0 bridgehead atoms. The Balaban J connectivity index is 2.43. The van der Waals surface area contributed by atoms with E-state index in [9.17, 15) is 18.0 Å². The van der Waals surface area contributed by atoms with E-state index < -0.39 is 29.9 Å². The first-order valence-corrected chi connectivity index (χ1v) is 4.01. The van der Waals surface area contributed by atoms with E-state index in [1.54, 1.807) is 0 Å². The van der Waals surface area contributed by atoms with E-state index in [1.165, 1.54) is 6.92 Å². The summed E-state index contributed by atoms with van der Waals surface area (Å²) in [5.41, 5.74) is -0.846. The molecule has 76 valence electrons. The Kier molecular flexibility index (Phi) is 2.30. The van der Waals surface area contributed by atoms with Crippen LogP contribution in [0.15, 0.2) is 0 Å². The molecule has 1 fully saturated rings. The van der Waals surface area contributed by atoms with E-state index in [4.69, 9.17) is 5.11 Å². The fourth-order valence-corrected chi connectivity index (χ4v) is 1.93. The van der Waals surface area contributed by atoms with E-state index in [1.807, 2.05) is 0 Å². The van der Waals surface area contributed by atoms with Gasteiger partial charge in [-0.25, -0.2) is 0 Å². The van der Waals surface area contributed by atoms with Crippen molar-refractivity contribution in [1.82, 2.24) is 0 Å². The Morgan fingerprint density at radius 3 is 2.31 bits per heavy atom. The summed E-state index contributed by atoms with van der Waals surface area (Å²) in [5.74, 6) is -1.56. The summed E-state index contributed by atoms with van der Waals surface area (Å²) in [6.45, 7) is 1.49. The van der Waals surface area contributed by atoms with Gasteiger partial charge in [0.2, 0.25) is 0 Å². The second-order valence-corrected chi connectivity index (χ2v) is 4.05. The quantitative estimate of drug-likeness (QED) is 0.736. The van der Waals surface area contributed by atoms with E-state index in [0.29, 0.717) is 0 Å². The molecule has 0 unspecified atom stereocenters. The molecule has 1 N–H and O–H groups in total. The zero-order valence-corrected chi connectivity index (χ0v) is 7.19. The summed E-state index contributed by atoms with van der Waals surface area (Å²) in [6, 6.07) is 0. The van der Waals surface area contributed by atoms with Crippen LogP contribution < -0.4 is 0 Å². The third-order valence-corrected chi connectivity index (χ3v) is 2.45. The molecule has 1 saturated carbocycles. The molecule has 1 rings (SSSR count). The van der Waals surface area contributed by atoms with Crippen molar-refractivity contribution in [3.63, 3.8) is 0 Å². The largest absolute Gasteiger partial charge is 0.481 e. The van der Waals surface area contributed by atoms with E-state index >= 15 is 0 Å². The highest BCUT2D eigenvalue weighted by Crippen LogP contribution is 2.51. The number of carbonyl (C=O) groups is 1. The summed E-state index contributed by atoms with van der Waals surface area (Å²) in [4.78, 5) is 10.4. The molecular weight excluding hydrogens is 185 g/mol. The van der Waals surface area contributed by atoms with Crippen molar-refractivity contribution < 1.29 is 23.1 Å². The fraction of sp³-hybridized carbons (Fsp3) is 0.875. The maximum Gasteiger partial charge on any atom is 0.389 e. The van der Waals surface area contributed by atoms with Gasteiger partial charge >= 0.3 is 12.1 Å². The number of alkyl halides is 3. The summed E-state index contributed by atoms with van der Waals surface area (Å²) in [5, 5.41) is 8.48. The van der Waals surface area contributed by atoms with Crippen LogP contribution in [0.1, 0.15) is 26.2 Å². The standard InChI is InChI=1S/C8H11F3O2/c1-7(4-8(9,10)11)2-5(3-7)6(12)13/h5H,2-4H2,1H3,(H,12,13). The van der Waals surface area contributed by atoms with Crippen molar-refractivity contribution in [2.75, 3.05) is 0 Å². The Labute approximate surface area is 73.7 Å². The van der Waals surface area contributed by atoms with Crippen LogP contribution in [0.4, 0.5) is 13.2 Å². The van der Waals surface area contributed by atoms with Gasteiger partial charge < -0.3 is 5.11 Å². The third kappa shape index (κ3) is 2.60. The smallest absolute Gasteiger partial charge is 0.389 e. The Bertz CT molecular complexity index is 216. The molecule has 1 aliphatic carbocycles. The normalized spacial score (nSPS) is 34.0. The van der Waals surface area contributed by atoms with Crippen LogP contribution in [0, 0.1) is 11.3 Å². The number of hydrogen-bond donors (Lipinski definition) is 1. The minimum atomic E-state index is -4.18. The van der Waals surface area contributed by atoms with Crippen molar-refractivity contribution in [3.05, 3.63) is 0 Å². The minimum absolute atomic E-state index is 0.141. The van der Waals surface area contributed by atoms with Gasteiger partial charge in [-0.1, -0.05) is 6.92 Å². The average Bonchev–Trinajstić information content (AvgIpc) is 1.77. The van der Waals surface area contributed by atoms with Crippen molar-refractivity contribution in [3.8, 4) is 0 Å². The topological polar surface area (TPSA) is 37.3 Å². The number of aliphatic carboxylic acids is 1. The van der Waals surface area contributed by atoms with Crippen molar-refractivity contribution in [2.45, 2.75) is 32.4 Å². The van der Waals surface area contributed by atoms with Crippen LogP contribution in [0.3, 0.4) is 0 Å². The predicted octanol–water partition coefficient (Wildman–Crippen LogP) is 2.44. The highest BCUT2D eigenvalue weighted by atomic mass is 19.4. The molecule has 13 heavy (non-hydrogen) atoms. The van der Waals surface area contributed by atoms with Gasteiger partial charge in [0.25, 0.3) is 0 Å². The first-order valence-electron chi connectivity index (χ1n) is 4.01. The lowest BCUT2D eigenvalue weighted by Crippen LogP contribution is -2.41. The molecule has 0 radical (unpaired) electrons. The van der Waals surface area contributed by atoms with Crippen molar-refractivity contribution >= 4 is 5.97 Å². The lowest BCUT2D eigenvalue weighted by Gasteiger charge is -2.43. The highest BCUT2D eigenvalue weighted by Gasteiger charge is 2.49. The van der Waals surface area contributed by atoms with Gasteiger partial charge in [-0.2, -0.15) is 13.2 Å². The number of halogens is 3. The first-order chi connectivity index (χ1) is 5.72. The van der Waals surface area contributed by atoms with Crippen LogP contribution in [0.25, 0.3) is 0 Å². The van der Waals surface area contributed by atoms with E-state index in [0.717, 1.165) is 0 Å². The van der Waals surface area contributed by atoms with E-state index in [2.05, 4.69) is 0 Å². The molecule has 0 aromatic heterocycles. The molecule has 0 amide bonds. The molecule has 2 nitrogen and oxygen atoms in total. The Morgan fingerprint density at radius 2 is 2.00 bits per heavy atom. The molecule has 0 heterocycles. The van der Waals surface area contributed by atoms with Crippen LogP contribution in [-0.2, 0) is 4.79 Å². The zero-order valence-electron chi connectivity index (χ0n) is 7.19. The SMILES string of the molecule is CC1(CC(F)(F)F)CC(C(=O)O)C1. The van der Waals surface area contributed by atoms with Crippen molar-refractivity contribution in [1.29, 1.82) is 0 Å². The molecule has 0 aliphatic heterocycles. The maximum absolute atomic E-state index is 12.0. The third-order valence-electron chi connectivity index (χ3n) is 2.45. The average molecular weight is 196 g/mol. The molecule has 1 aliphatic rings. The van der Waals surface area contributed by atoms with Crippen molar-refractivity contribution in [2.24, 2.45) is 11.3 Å². The lowest BCUT2D eigenvalue weighted by atomic mass is 9.61. The Morgan fingerprint density at radius 1 is 1.54 bits per heavy atom. The van der Waals surface area contributed by atoms with Crippen LogP contribution in [0.5, 0.6) is 0 Å². The van der Waals surface area contributed by atoms with Crippen LogP contribution >= 0.6 is 0 Å². The second kappa shape index (κ2) is 2.89. The summed E-state index contributed by atoms with van der Waals surface area (Å²) >= 11 is 0. The van der Waals surface area contributed by atoms with Gasteiger partial charge in [0, 0.05) is 6.42 Å². The van der Waals surface area contributed by atoms with Gasteiger partial charge in [0.05, 0.1) is 5.92 Å². The molecule has 0 saturated heterocycles. The number of hydrogen-bond acceptors (Lipinski definition) is 1. The van der Waals surface area contributed by atoms with E-state index in [-0.39, 0.29) is 12.8 Å². The Hall–Kier alpha value is -0.740. The van der Waals surface area contributed by atoms with Gasteiger partial charge in [-0.15, -0.1) is 0 Å². The summed E-state index contributed by atoms with van der Waals surface area (Å²) in [6.07, 6.45) is -4.77. The van der Waals surface area contributed by atoms with Gasteiger partial charge in [-0.05, 0) is 18.3 Å². The predicted molar refractivity (Wildman–Crippen MR) is 39.1 cm³/mol. The van der Waals surface area contributed by atoms with Gasteiger partial charge in [0.1, 0.15) is 0 Å². The molecule has 0 atom stereocenters. The molecule has 5 heteroatoms. The summed E-state index contributed by atoms with van der Waals surface area (Å²) in [7, 11) is 0. The monoisotopic (exact) mass is 196 g/mol. The maximum atomic E-state index is 12.0. The molecular formula is C8H11F3O2. The summed E-state index contributed by atoms with van der Waals surface area (Å²) < 4.78 is 35.9. The van der Waals surface area contributed by atoms with Crippen LogP contribution in [0.2, 0.25) is 0 Å². The number of carboxylic acids is 1. The molecule has 0 spiro atoms. The molecule has 0 aromatic carbocycles. The van der Waals surface area contributed by atoms with Gasteiger partial charge in [0.15, 0.2) is 0 Å². The first kappa shape index (κ1) is 10.3. The number of carboxylic acid groups (broad SMARTS) is 1. The number of rotatable bonds is 2. The minimum Gasteiger partial charge on any atom is -0.481 e. The highest BCUT2D eigenvalue weighted by molar-refractivity contribution is 5.71. The fourth-order valence-electron chi connectivity index (χ4n) is 1.93. The van der Waals surface area contributed by atoms with Crippen LogP contribution in [-0.4, -0.2) is 17.3 Å². The molecule has 0 aromatic rings.